The largest absolute Gasteiger partial charge is 0.497 e. The van der Waals surface area contributed by atoms with Crippen molar-refractivity contribution in [2.24, 2.45) is 0 Å². The molecule has 0 unspecified atom stereocenters. The Kier molecular flexibility index (Phi) is 12.1. The van der Waals surface area contributed by atoms with Gasteiger partial charge in [-0.2, -0.15) is 4.98 Å². The van der Waals surface area contributed by atoms with E-state index in [2.05, 4.69) is 65.7 Å². The third kappa shape index (κ3) is 7.43. The third-order valence-electron chi connectivity index (χ3n) is 11.3. The van der Waals surface area contributed by atoms with Crippen molar-refractivity contribution >= 4 is 22.9 Å². The van der Waals surface area contributed by atoms with E-state index in [1.54, 1.807) is 26.5 Å². The van der Waals surface area contributed by atoms with Crippen molar-refractivity contribution in [3.8, 4) is 11.5 Å². The van der Waals surface area contributed by atoms with Gasteiger partial charge in [-0.1, -0.05) is 110 Å². The molecule has 4 aromatic rings. The number of aliphatic hydroxyl groups excluding tert-OH is 1. The predicted octanol–water partition coefficient (Wildman–Crippen LogP) is 7.88. The zero-order chi connectivity index (χ0) is 39.7. The monoisotopic (exact) mass is 787 g/mol. The number of methoxy groups -OCH3 is 2. The van der Waals surface area contributed by atoms with Crippen molar-refractivity contribution < 1.29 is 32.3 Å². The molecule has 0 saturated carbocycles. The molecule has 6 rings (SSSR count). The number of aromatic nitrogens is 2. The van der Waals surface area contributed by atoms with E-state index in [0.29, 0.717) is 17.3 Å². The van der Waals surface area contributed by atoms with Crippen LogP contribution in [0, 0.1) is 0 Å². The summed E-state index contributed by atoms with van der Waals surface area (Å²) in [6, 6.07) is 27.4. The number of nitrogens with zero attached hydrogens (tertiary/aromatic N) is 2. The fourth-order valence-electron chi connectivity index (χ4n) is 8.32. The Bertz CT molecular complexity index is 1880. The van der Waals surface area contributed by atoms with Gasteiger partial charge in [0.25, 0.3) is 0 Å². The smallest absolute Gasteiger partial charge is 0.351 e. The molecular formula is C42H57N3O8Si2. The van der Waals surface area contributed by atoms with E-state index in [-0.39, 0.29) is 28.8 Å². The molecule has 13 heteroatoms. The van der Waals surface area contributed by atoms with E-state index in [1.165, 1.54) is 4.57 Å². The fourth-order valence-corrected chi connectivity index (χ4v) is 19.5. The second-order valence-corrected chi connectivity index (χ2v) is 24.7. The van der Waals surface area contributed by atoms with E-state index in [9.17, 15) is 9.90 Å². The van der Waals surface area contributed by atoms with Crippen LogP contribution in [0.25, 0.3) is 0 Å². The number of aliphatic hydroxyl groups is 1. The molecule has 1 aromatic heterocycles. The Labute approximate surface area is 327 Å². The zero-order valence-corrected chi connectivity index (χ0v) is 35.7. The molecular weight excluding hydrogens is 731 g/mol. The molecule has 2 saturated heterocycles. The van der Waals surface area contributed by atoms with E-state index in [0.717, 1.165) is 16.7 Å². The normalized spacial score (nSPS) is 22.4. The van der Waals surface area contributed by atoms with Crippen molar-refractivity contribution in [3.05, 3.63) is 118 Å². The highest BCUT2D eigenvalue weighted by atomic mass is 28.5. The van der Waals surface area contributed by atoms with Crippen LogP contribution in [-0.4, -0.2) is 70.9 Å². The molecule has 4 atom stereocenters. The standard InChI is InChI=1S/C42H57N3O8Si2/c1-27(2)54(28(3)4)50-26-36-39(52-55(53-54,29(5)6)30(7)8)38(46)40(51-36)45-25-24-37(43-41(45)47)44-42(31-14-12-11-13-15-31,32-16-20-34(48-9)21-17-32)33-18-22-35(49-10)23-19-33/h11-25,27-30,36,38-40,46H,26H2,1-10H3,(H,43,44,47)/t36-,38-,39-,40-/m1/s1. The summed E-state index contributed by atoms with van der Waals surface area (Å²) in [6.45, 7) is 17.4. The Morgan fingerprint density at radius 1 is 0.764 bits per heavy atom. The van der Waals surface area contributed by atoms with Crippen LogP contribution in [0.2, 0.25) is 22.2 Å². The molecule has 0 bridgehead atoms. The van der Waals surface area contributed by atoms with Gasteiger partial charge < -0.3 is 37.6 Å². The molecule has 55 heavy (non-hydrogen) atoms. The number of anilines is 1. The quantitative estimate of drug-likeness (QED) is 0.108. The van der Waals surface area contributed by atoms with Gasteiger partial charge in [-0.15, -0.1) is 0 Å². The van der Waals surface area contributed by atoms with Crippen LogP contribution in [-0.2, 0) is 23.2 Å². The Morgan fingerprint density at radius 3 is 1.75 bits per heavy atom. The number of benzene rings is 3. The van der Waals surface area contributed by atoms with Gasteiger partial charge in [0.2, 0.25) is 0 Å². The van der Waals surface area contributed by atoms with Gasteiger partial charge in [-0.25, -0.2) is 4.79 Å². The lowest BCUT2D eigenvalue weighted by atomic mass is 9.77. The highest BCUT2D eigenvalue weighted by Crippen LogP contribution is 2.48. The van der Waals surface area contributed by atoms with Crippen molar-refractivity contribution in [2.45, 2.75) is 108 Å². The highest BCUT2D eigenvalue weighted by molar-refractivity contribution is 6.84. The molecule has 0 aliphatic carbocycles. The van der Waals surface area contributed by atoms with Gasteiger partial charge in [-0.3, -0.25) is 4.57 Å². The molecule has 296 valence electrons. The van der Waals surface area contributed by atoms with Crippen LogP contribution in [0.15, 0.2) is 95.9 Å². The second-order valence-electron chi connectivity index (χ2n) is 15.8. The molecule has 2 fully saturated rings. The number of rotatable bonds is 12. The van der Waals surface area contributed by atoms with Gasteiger partial charge in [0.15, 0.2) is 6.23 Å². The molecule has 0 spiro atoms. The minimum absolute atomic E-state index is 0.0708. The maximum atomic E-state index is 14.1. The first-order valence-corrected chi connectivity index (χ1v) is 23.2. The summed E-state index contributed by atoms with van der Waals surface area (Å²) < 4.78 is 40.1. The minimum atomic E-state index is -3.03. The van der Waals surface area contributed by atoms with Crippen LogP contribution >= 0.6 is 0 Å². The topological polar surface area (TPSA) is 123 Å². The maximum absolute atomic E-state index is 14.1. The molecule has 2 aliphatic heterocycles. The van der Waals surface area contributed by atoms with Gasteiger partial charge >= 0.3 is 22.8 Å². The van der Waals surface area contributed by atoms with E-state index >= 15 is 0 Å². The molecule has 11 nitrogen and oxygen atoms in total. The molecule has 3 aromatic carbocycles. The predicted molar refractivity (Wildman–Crippen MR) is 218 cm³/mol. The number of nitrogens with one attached hydrogen (secondary N) is 1. The Balaban J connectivity index is 1.40. The van der Waals surface area contributed by atoms with Crippen LogP contribution in [0.4, 0.5) is 5.82 Å². The first-order chi connectivity index (χ1) is 26.2. The van der Waals surface area contributed by atoms with Crippen LogP contribution in [0.3, 0.4) is 0 Å². The molecule has 2 N–H and O–H groups in total. The summed E-state index contributed by atoms with van der Waals surface area (Å²) in [4.78, 5) is 18.7. The molecule has 0 amide bonds. The molecule has 3 heterocycles. The Hall–Kier alpha value is -3.83. The lowest BCUT2D eigenvalue weighted by Crippen LogP contribution is -2.65. The van der Waals surface area contributed by atoms with Gasteiger partial charge in [-0.05, 0) is 69.2 Å². The first-order valence-electron chi connectivity index (χ1n) is 19.3. The average molecular weight is 788 g/mol. The van der Waals surface area contributed by atoms with Crippen molar-refractivity contribution in [2.75, 3.05) is 26.1 Å². The lowest BCUT2D eigenvalue weighted by Gasteiger charge is -2.51. The van der Waals surface area contributed by atoms with Gasteiger partial charge in [0.1, 0.15) is 41.2 Å². The van der Waals surface area contributed by atoms with Crippen LogP contribution in [0.5, 0.6) is 11.5 Å². The molecule has 0 radical (unpaired) electrons. The van der Waals surface area contributed by atoms with Crippen molar-refractivity contribution in [1.29, 1.82) is 0 Å². The van der Waals surface area contributed by atoms with E-state index < -0.39 is 52.9 Å². The fraction of sp³-hybridized carbons (Fsp3) is 0.476. The summed E-state index contributed by atoms with van der Waals surface area (Å²) in [6.07, 6.45) is -1.97. The van der Waals surface area contributed by atoms with Crippen molar-refractivity contribution in [3.63, 3.8) is 0 Å². The average Bonchev–Trinajstić information content (AvgIpc) is 3.46. The summed E-state index contributed by atoms with van der Waals surface area (Å²) >= 11 is 0. The minimum Gasteiger partial charge on any atom is -0.497 e. The van der Waals surface area contributed by atoms with E-state index in [1.807, 2.05) is 78.9 Å². The number of fused-ring (bicyclic) bond motifs is 1. The van der Waals surface area contributed by atoms with Gasteiger partial charge in [0, 0.05) is 6.20 Å². The number of ether oxygens (including phenoxy) is 3. The van der Waals surface area contributed by atoms with Crippen molar-refractivity contribution in [1.82, 2.24) is 9.55 Å². The van der Waals surface area contributed by atoms with Crippen LogP contribution < -0.4 is 20.5 Å². The lowest BCUT2D eigenvalue weighted by molar-refractivity contribution is -0.0600. The SMILES string of the molecule is COc1ccc(C(Nc2ccn([C@@H]3O[C@@H]4CO[Si](C(C)C)(C(C)C)O[Si](C(C)C)(C(C)C)O[C@H]4[C@H]3O)c(=O)n2)(c2ccccc2)c2ccc(OC)cc2)cc1. The molecule has 2 aliphatic rings. The summed E-state index contributed by atoms with van der Waals surface area (Å²) in [7, 11) is -2.59. The summed E-state index contributed by atoms with van der Waals surface area (Å²) in [5.74, 6) is 1.76. The highest BCUT2D eigenvalue weighted by Gasteiger charge is 2.61. The zero-order valence-electron chi connectivity index (χ0n) is 33.7. The van der Waals surface area contributed by atoms with Gasteiger partial charge in [0.05, 0.1) is 20.8 Å². The summed E-state index contributed by atoms with van der Waals surface area (Å²) in [5, 5.41) is 15.6. The number of hydrogen-bond acceptors (Lipinski definition) is 10. The maximum Gasteiger partial charge on any atom is 0.351 e. The van der Waals surface area contributed by atoms with E-state index in [4.69, 9.17) is 27.2 Å². The number of hydrogen-bond donors (Lipinski definition) is 2. The summed E-state index contributed by atoms with van der Waals surface area (Å²) in [5.41, 5.74) is 1.59. The van der Waals surface area contributed by atoms with Crippen LogP contribution in [0.1, 0.15) is 78.3 Å². The third-order valence-corrected chi connectivity index (χ3v) is 21.6. The second kappa shape index (κ2) is 16.3. The first kappa shape index (κ1) is 40.8. The Morgan fingerprint density at radius 2 is 1.27 bits per heavy atom.